The molecule has 1 aromatic heterocycles. The maximum absolute atomic E-state index is 13.6. The van der Waals surface area contributed by atoms with E-state index >= 15 is 0 Å². The van der Waals surface area contributed by atoms with E-state index in [4.69, 9.17) is 0 Å². The number of carbonyl (C=O) groups is 2. The van der Waals surface area contributed by atoms with Crippen molar-refractivity contribution in [2.75, 3.05) is 6.54 Å². The van der Waals surface area contributed by atoms with E-state index in [1.807, 2.05) is 30.3 Å². The van der Waals surface area contributed by atoms with E-state index in [2.05, 4.69) is 15.6 Å². The number of rotatable bonds is 5. The van der Waals surface area contributed by atoms with Crippen molar-refractivity contribution in [1.29, 1.82) is 0 Å². The summed E-state index contributed by atoms with van der Waals surface area (Å²) in [5, 5.41) is 10.6. The molecule has 1 aliphatic rings. The smallest absolute Gasteiger partial charge is 0.273 e. The maximum Gasteiger partial charge on any atom is 0.273 e. The van der Waals surface area contributed by atoms with Gasteiger partial charge < -0.3 is 10.2 Å². The number of carbonyl (C=O) groups excluding carboxylic acids is 2. The molecule has 2 aromatic rings. The first kappa shape index (κ1) is 17.1. The highest BCUT2D eigenvalue weighted by atomic mass is 19.1. The zero-order valence-electron chi connectivity index (χ0n) is 13.9. The molecule has 1 saturated heterocycles. The van der Waals surface area contributed by atoms with E-state index in [1.165, 1.54) is 22.7 Å². The fourth-order valence-corrected chi connectivity index (χ4v) is 2.99. The number of halogens is 1. The van der Waals surface area contributed by atoms with Gasteiger partial charge in [-0.25, -0.2) is 9.07 Å². The van der Waals surface area contributed by atoms with Crippen LogP contribution in [0.3, 0.4) is 0 Å². The Kier molecular flexibility index (Phi) is 5.06. The number of amides is 2. The van der Waals surface area contributed by atoms with E-state index in [-0.39, 0.29) is 36.5 Å². The van der Waals surface area contributed by atoms with Gasteiger partial charge in [-0.1, -0.05) is 35.5 Å². The topological polar surface area (TPSA) is 80.1 Å². The van der Waals surface area contributed by atoms with Gasteiger partial charge in [0.2, 0.25) is 5.91 Å². The molecular weight excluding hydrogens is 325 g/mol. The standard InChI is InChI=1S/C17H20FN5O2/c1-12(24)23-9-14(18)7-15(23)10-22-11-16(20-21-22)17(25)19-8-13-5-3-2-4-6-13/h2-6,11,14-15H,7-10H2,1H3,(H,19,25)/t14-,15-/m0/s1. The second-order valence-electron chi connectivity index (χ2n) is 6.15. The summed E-state index contributed by atoms with van der Waals surface area (Å²) in [7, 11) is 0. The zero-order chi connectivity index (χ0) is 17.8. The monoisotopic (exact) mass is 345 g/mol. The van der Waals surface area contributed by atoms with E-state index in [0.717, 1.165) is 5.56 Å². The van der Waals surface area contributed by atoms with Crippen molar-refractivity contribution in [3.05, 3.63) is 47.8 Å². The first-order valence-electron chi connectivity index (χ1n) is 8.16. The Labute approximate surface area is 144 Å². The minimum atomic E-state index is -1.02. The summed E-state index contributed by atoms with van der Waals surface area (Å²) in [4.78, 5) is 25.2. The van der Waals surface area contributed by atoms with E-state index in [9.17, 15) is 14.0 Å². The van der Waals surface area contributed by atoms with Crippen LogP contribution in [0.2, 0.25) is 0 Å². The number of benzene rings is 1. The molecule has 25 heavy (non-hydrogen) atoms. The minimum Gasteiger partial charge on any atom is -0.347 e. The largest absolute Gasteiger partial charge is 0.347 e. The van der Waals surface area contributed by atoms with E-state index in [0.29, 0.717) is 13.1 Å². The third-order valence-corrected chi connectivity index (χ3v) is 4.23. The first-order valence-corrected chi connectivity index (χ1v) is 8.16. The maximum atomic E-state index is 13.6. The summed E-state index contributed by atoms with van der Waals surface area (Å²) in [6.07, 6.45) is 0.769. The SMILES string of the molecule is CC(=O)N1C[C@@H](F)C[C@H]1Cn1cc(C(=O)NCc2ccccc2)nn1. The molecule has 3 rings (SSSR count). The number of likely N-dealkylation sites (tertiary alicyclic amines) is 1. The highest BCUT2D eigenvalue weighted by molar-refractivity contribution is 5.91. The molecule has 2 atom stereocenters. The Morgan fingerprint density at radius 2 is 2.08 bits per heavy atom. The number of alkyl halides is 1. The number of nitrogens with one attached hydrogen (secondary N) is 1. The van der Waals surface area contributed by atoms with Gasteiger partial charge in [0.1, 0.15) is 6.17 Å². The Hall–Kier alpha value is -2.77. The number of aromatic nitrogens is 3. The second kappa shape index (κ2) is 7.42. The van der Waals surface area contributed by atoms with Crippen molar-refractivity contribution in [3.8, 4) is 0 Å². The Morgan fingerprint density at radius 1 is 1.32 bits per heavy atom. The molecule has 1 N–H and O–H groups in total. The minimum absolute atomic E-state index is 0.110. The lowest BCUT2D eigenvalue weighted by atomic mass is 10.2. The van der Waals surface area contributed by atoms with Crippen LogP contribution in [0.15, 0.2) is 36.5 Å². The van der Waals surface area contributed by atoms with Crippen LogP contribution in [-0.2, 0) is 17.9 Å². The lowest BCUT2D eigenvalue weighted by Crippen LogP contribution is -2.36. The van der Waals surface area contributed by atoms with Gasteiger partial charge in [0.05, 0.1) is 25.3 Å². The van der Waals surface area contributed by atoms with Gasteiger partial charge in [-0.3, -0.25) is 9.59 Å². The van der Waals surface area contributed by atoms with Crippen LogP contribution in [0.5, 0.6) is 0 Å². The van der Waals surface area contributed by atoms with Crippen LogP contribution >= 0.6 is 0 Å². The lowest BCUT2D eigenvalue weighted by molar-refractivity contribution is -0.130. The predicted molar refractivity (Wildman–Crippen MR) is 88.3 cm³/mol. The normalized spacial score (nSPS) is 19.8. The summed E-state index contributed by atoms with van der Waals surface area (Å²) < 4.78 is 15.1. The molecule has 2 amide bonds. The summed E-state index contributed by atoms with van der Waals surface area (Å²) in [5.41, 5.74) is 1.18. The van der Waals surface area contributed by atoms with Crippen LogP contribution < -0.4 is 5.32 Å². The average Bonchev–Trinajstić information content (AvgIpc) is 3.20. The van der Waals surface area contributed by atoms with E-state index in [1.54, 1.807) is 0 Å². The Bertz CT molecular complexity index is 749. The molecule has 0 unspecified atom stereocenters. The number of hydrogen-bond donors (Lipinski definition) is 1. The third kappa shape index (κ3) is 4.20. The first-order chi connectivity index (χ1) is 12.0. The van der Waals surface area contributed by atoms with Crippen molar-refractivity contribution in [2.24, 2.45) is 0 Å². The fraction of sp³-hybridized carbons (Fsp3) is 0.412. The molecule has 2 heterocycles. The molecule has 7 nitrogen and oxygen atoms in total. The molecule has 132 valence electrons. The number of hydrogen-bond acceptors (Lipinski definition) is 4. The predicted octanol–water partition coefficient (Wildman–Crippen LogP) is 1.17. The van der Waals surface area contributed by atoms with Gasteiger partial charge in [-0.15, -0.1) is 5.10 Å². The molecule has 1 aliphatic heterocycles. The number of nitrogens with zero attached hydrogens (tertiary/aromatic N) is 4. The molecule has 1 aromatic carbocycles. The molecule has 0 radical (unpaired) electrons. The Balaban J connectivity index is 1.58. The van der Waals surface area contributed by atoms with Crippen LogP contribution in [0.1, 0.15) is 29.4 Å². The van der Waals surface area contributed by atoms with Gasteiger partial charge in [0.15, 0.2) is 5.69 Å². The highest BCUT2D eigenvalue weighted by Crippen LogP contribution is 2.21. The second-order valence-corrected chi connectivity index (χ2v) is 6.15. The van der Waals surface area contributed by atoms with Crippen molar-refractivity contribution >= 4 is 11.8 Å². The van der Waals surface area contributed by atoms with Crippen LogP contribution in [0, 0.1) is 0 Å². The molecule has 8 heteroatoms. The van der Waals surface area contributed by atoms with Crippen molar-refractivity contribution in [3.63, 3.8) is 0 Å². The molecule has 0 bridgehead atoms. The lowest BCUT2D eigenvalue weighted by Gasteiger charge is -2.22. The van der Waals surface area contributed by atoms with Crippen molar-refractivity contribution in [2.45, 2.75) is 38.6 Å². The zero-order valence-corrected chi connectivity index (χ0v) is 13.9. The molecule has 0 spiro atoms. The van der Waals surface area contributed by atoms with Crippen LogP contribution in [0.4, 0.5) is 4.39 Å². The summed E-state index contributed by atoms with van der Waals surface area (Å²) in [6.45, 7) is 2.25. The van der Waals surface area contributed by atoms with Gasteiger partial charge in [-0.05, 0) is 5.56 Å². The van der Waals surface area contributed by atoms with Gasteiger partial charge in [0, 0.05) is 19.9 Å². The molecular formula is C17H20FN5O2. The van der Waals surface area contributed by atoms with E-state index < -0.39 is 6.17 Å². The third-order valence-electron chi connectivity index (χ3n) is 4.23. The molecule has 0 saturated carbocycles. The van der Waals surface area contributed by atoms with Crippen LogP contribution in [-0.4, -0.2) is 50.5 Å². The molecule has 0 aliphatic carbocycles. The summed E-state index contributed by atoms with van der Waals surface area (Å²) in [5.74, 6) is -0.487. The fourth-order valence-electron chi connectivity index (χ4n) is 2.99. The average molecular weight is 345 g/mol. The van der Waals surface area contributed by atoms with Gasteiger partial charge >= 0.3 is 0 Å². The Morgan fingerprint density at radius 3 is 2.80 bits per heavy atom. The van der Waals surface area contributed by atoms with Crippen LogP contribution in [0.25, 0.3) is 0 Å². The van der Waals surface area contributed by atoms with Gasteiger partial charge in [0.25, 0.3) is 5.91 Å². The highest BCUT2D eigenvalue weighted by Gasteiger charge is 2.34. The summed E-state index contributed by atoms with van der Waals surface area (Å²) >= 11 is 0. The van der Waals surface area contributed by atoms with Crippen molar-refractivity contribution in [1.82, 2.24) is 25.2 Å². The van der Waals surface area contributed by atoms with Gasteiger partial charge in [-0.2, -0.15) is 0 Å². The quantitative estimate of drug-likeness (QED) is 0.882. The van der Waals surface area contributed by atoms with Crippen molar-refractivity contribution < 1.29 is 14.0 Å². The summed E-state index contributed by atoms with van der Waals surface area (Å²) in [6, 6.07) is 9.28. The molecule has 1 fully saturated rings.